The van der Waals surface area contributed by atoms with Crippen molar-refractivity contribution in [3.05, 3.63) is 22.5 Å². The Hall–Kier alpha value is -0.970. The van der Waals surface area contributed by atoms with Crippen molar-refractivity contribution in [2.45, 2.75) is 20.2 Å². The van der Waals surface area contributed by atoms with Crippen molar-refractivity contribution in [1.29, 1.82) is 0 Å². The first kappa shape index (κ1) is 11.1. The third-order valence-corrected chi connectivity index (χ3v) is 1.98. The molecule has 78 valence electrons. The molecule has 0 aliphatic rings. The Kier molecular flexibility index (Phi) is 2.89. The highest BCUT2D eigenvalue weighted by atomic mass is 35.5. The Balaban J connectivity index is 3.13. The van der Waals surface area contributed by atoms with Crippen LogP contribution in [0.4, 0.5) is 13.2 Å². The first-order chi connectivity index (χ1) is 6.31. The van der Waals surface area contributed by atoms with Crippen LogP contribution >= 0.6 is 11.6 Å². The van der Waals surface area contributed by atoms with E-state index in [2.05, 4.69) is 9.72 Å². The molecule has 1 aromatic heterocycles. The van der Waals surface area contributed by atoms with Gasteiger partial charge in [0.2, 0.25) is 0 Å². The average Bonchev–Trinajstić information content (AvgIpc) is 2.04. The highest BCUT2D eigenvalue weighted by Gasteiger charge is 2.33. The highest BCUT2D eigenvalue weighted by molar-refractivity contribution is 6.30. The molecule has 1 rings (SSSR count). The van der Waals surface area contributed by atoms with Crippen molar-refractivity contribution < 1.29 is 17.9 Å². The Bertz CT molecular complexity index is 351. The van der Waals surface area contributed by atoms with Gasteiger partial charge in [0.1, 0.15) is 0 Å². The lowest BCUT2D eigenvalue weighted by atomic mass is 10.2. The molecule has 1 aromatic rings. The molecule has 0 N–H and O–H groups in total. The van der Waals surface area contributed by atoms with Gasteiger partial charge in [0.05, 0.1) is 0 Å². The first-order valence-electron chi connectivity index (χ1n) is 3.68. The first-order valence-corrected chi connectivity index (χ1v) is 4.06. The summed E-state index contributed by atoms with van der Waals surface area (Å²) in [6.07, 6.45) is -3.36. The van der Waals surface area contributed by atoms with Crippen LogP contribution in [0.1, 0.15) is 11.1 Å². The lowest BCUT2D eigenvalue weighted by Gasteiger charge is -2.13. The van der Waals surface area contributed by atoms with Gasteiger partial charge in [-0.05, 0) is 25.0 Å². The second-order valence-corrected chi connectivity index (χ2v) is 3.09. The lowest BCUT2D eigenvalue weighted by molar-refractivity contribution is -0.274. The second-order valence-electron chi connectivity index (χ2n) is 2.73. The molecule has 0 unspecified atom stereocenters. The zero-order chi connectivity index (χ0) is 10.9. The minimum atomic E-state index is -4.75. The summed E-state index contributed by atoms with van der Waals surface area (Å²) in [5.41, 5.74) is 0.927. The van der Waals surface area contributed by atoms with E-state index in [-0.39, 0.29) is 5.15 Å². The highest BCUT2D eigenvalue weighted by Crippen LogP contribution is 2.32. The van der Waals surface area contributed by atoms with Crippen molar-refractivity contribution in [2.75, 3.05) is 0 Å². The molecule has 14 heavy (non-hydrogen) atoms. The maximum absolute atomic E-state index is 11.9. The minimum absolute atomic E-state index is 0.287. The fourth-order valence-corrected chi connectivity index (χ4v) is 1.11. The van der Waals surface area contributed by atoms with E-state index in [1.54, 1.807) is 6.92 Å². The zero-order valence-corrected chi connectivity index (χ0v) is 8.20. The predicted octanol–water partition coefficient (Wildman–Crippen LogP) is 3.25. The molecule has 0 fully saturated rings. The number of aryl methyl sites for hydroxylation is 1. The van der Waals surface area contributed by atoms with Gasteiger partial charge in [-0.3, -0.25) is 0 Å². The van der Waals surface area contributed by atoms with Crippen LogP contribution in [-0.2, 0) is 0 Å². The maximum Gasteiger partial charge on any atom is 0.573 e. The Labute approximate surface area is 83.7 Å². The van der Waals surface area contributed by atoms with E-state index < -0.39 is 12.1 Å². The van der Waals surface area contributed by atoms with Gasteiger partial charge in [-0.25, -0.2) is 4.98 Å². The van der Waals surface area contributed by atoms with E-state index >= 15 is 0 Å². The fraction of sp³-hybridized carbons (Fsp3) is 0.375. The van der Waals surface area contributed by atoms with Crippen molar-refractivity contribution in [1.82, 2.24) is 4.98 Å². The van der Waals surface area contributed by atoms with Crippen LogP contribution in [0.25, 0.3) is 0 Å². The van der Waals surface area contributed by atoms with Crippen LogP contribution in [0.2, 0.25) is 5.15 Å². The summed E-state index contributed by atoms with van der Waals surface area (Å²) in [4.78, 5) is 3.56. The van der Waals surface area contributed by atoms with Gasteiger partial charge in [0.15, 0.2) is 10.9 Å². The van der Waals surface area contributed by atoms with Crippen LogP contribution < -0.4 is 4.74 Å². The summed E-state index contributed by atoms with van der Waals surface area (Å²) < 4.78 is 39.5. The quantitative estimate of drug-likeness (QED) is 0.685. The molecule has 0 radical (unpaired) electrons. The monoisotopic (exact) mass is 225 g/mol. The molecular weight excluding hydrogens is 219 g/mol. The van der Waals surface area contributed by atoms with Crippen molar-refractivity contribution in [2.24, 2.45) is 0 Å². The molecule has 2 nitrogen and oxygen atoms in total. The van der Waals surface area contributed by atoms with Gasteiger partial charge in [0.25, 0.3) is 0 Å². The number of pyridine rings is 1. The van der Waals surface area contributed by atoms with Crippen molar-refractivity contribution in [3.8, 4) is 5.75 Å². The maximum atomic E-state index is 11.9. The third kappa shape index (κ3) is 2.51. The molecule has 0 amide bonds. The molecule has 1 heterocycles. The molecule has 0 aliphatic heterocycles. The molecular formula is C8H7ClF3NO. The zero-order valence-electron chi connectivity index (χ0n) is 7.44. The number of rotatable bonds is 1. The molecule has 0 saturated heterocycles. The summed E-state index contributed by atoms with van der Waals surface area (Å²) in [5, 5.41) is -0.287. The molecule has 0 bridgehead atoms. The third-order valence-electron chi connectivity index (χ3n) is 1.71. The van der Waals surface area contributed by atoms with Gasteiger partial charge in [-0.1, -0.05) is 11.6 Å². The topological polar surface area (TPSA) is 22.1 Å². The summed E-state index contributed by atoms with van der Waals surface area (Å²) in [6, 6.07) is 0. The minimum Gasteiger partial charge on any atom is -0.402 e. The smallest absolute Gasteiger partial charge is 0.402 e. The summed E-state index contributed by atoms with van der Waals surface area (Å²) in [5.74, 6) is -0.431. The number of nitrogens with zero attached hydrogens (tertiary/aromatic N) is 1. The van der Waals surface area contributed by atoms with Gasteiger partial charge >= 0.3 is 6.36 Å². The SMILES string of the molecule is Cc1cnc(Cl)c(OC(F)(F)F)c1C. The molecule has 0 aromatic carbocycles. The Morgan fingerprint density at radius 2 is 1.93 bits per heavy atom. The van der Waals surface area contributed by atoms with E-state index in [0.29, 0.717) is 11.1 Å². The number of aromatic nitrogens is 1. The van der Waals surface area contributed by atoms with Crippen LogP contribution in [0.3, 0.4) is 0 Å². The summed E-state index contributed by atoms with van der Waals surface area (Å²) in [7, 11) is 0. The van der Waals surface area contributed by atoms with E-state index in [1.165, 1.54) is 13.1 Å². The van der Waals surface area contributed by atoms with Crippen LogP contribution in [0.15, 0.2) is 6.20 Å². The van der Waals surface area contributed by atoms with Gasteiger partial charge in [-0.15, -0.1) is 13.2 Å². The van der Waals surface area contributed by atoms with Crippen molar-refractivity contribution >= 4 is 11.6 Å². The Morgan fingerprint density at radius 1 is 1.36 bits per heavy atom. The van der Waals surface area contributed by atoms with E-state index in [4.69, 9.17) is 11.6 Å². The normalized spacial score (nSPS) is 11.6. The average molecular weight is 226 g/mol. The fourth-order valence-electron chi connectivity index (χ4n) is 0.877. The van der Waals surface area contributed by atoms with E-state index in [1.807, 2.05) is 0 Å². The molecule has 0 spiro atoms. The van der Waals surface area contributed by atoms with Gasteiger partial charge in [-0.2, -0.15) is 0 Å². The van der Waals surface area contributed by atoms with E-state index in [0.717, 1.165) is 0 Å². The van der Waals surface area contributed by atoms with Gasteiger partial charge < -0.3 is 4.74 Å². The Morgan fingerprint density at radius 3 is 2.43 bits per heavy atom. The summed E-state index contributed by atoms with van der Waals surface area (Å²) >= 11 is 5.47. The number of hydrogen-bond donors (Lipinski definition) is 0. The second kappa shape index (κ2) is 3.65. The van der Waals surface area contributed by atoms with Crippen LogP contribution in [0, 0.1) is 13.8 Å². The molecule has 0 saturated carbocycles. The number of hydrogen-bond acceptors (Lipinski definition) is 2. The van der Waals surface area contributed by atoms with Gasteiger partial charge in [0, 0.05) is 6.20 Å². The standard InChI is InChI=1S/C8H7ClF3NO/c1-4-3-13-7(9)6(5(4)2)14-8(10,11)12/h3H,1-2H3. The number of ether oxygens (including phenoxy) is 1. The predicted molar refractivity (Wildman–Crippen MR) is 45.4 cm³/mol. The number of halogens is 4. The van der Waals surface area contributed by atoms with E-state index in [9.17, 15) is 13.2 Å². The lowest BCUT2D eigenvalue weighted by Crippen LogP contribution is -2.18. The van der Waals surface area contributed by atoms with Crippen molar-refractivity contribution in [3.63, 3.8) is 0 Å². The molecule has 0 aliphatic carbocycles. The summed E-state index contributed by atoms with van der Waals surface area (Å²) in [6.45, 7) is 3.12. The molecule has 6 heteroatoms. The van der Waals surface area contributed by atoms with Crippen LogP contribution in [-0.4, -0.2) is 11.3 Å². The number of alkyl halides is 3. The largest absolute Gasteiger partial charge is 0.573 e. The molecule has 0 atom stereocenters. The van der Waals surface area contributed by atoms with Crippen LogP contribution in [0.5, 0.6) is 5.75 Å².